The molecule has 0 aliphatic heterocycles. The van der Waals surface area contributed by atoms with Crippen LogP contribution >= 0.6 is 11.6 Å². The van der Waals surface area contributed by atoms with E-state index in [-0.39, 0.29) is 10.7 Å². The number of aromatic nitrogens is 1. The van der Waals surface area contributed by atoms with Crippen molar-refractivity contribution in [1.29, 1.82) is 0 Å². The van der Waals surface area contributed by atoms with E-state index in [1.807, 2.05) is 36.4 Å². The number of anilines is 1. The molecule has 1 N–H and O–H groups in total. The Hall–Kier alpha value is -2.92. The first-order valence-corrected chi connectivity index (χ1v) is 7.57. The van der Waals surface area contributed by atoms with Crippen LogP contribution in [0.3, 0.4) is 0 Å². The second-order valence-electron chi connectivity index (χ2n) is 5.03. The molecule has 5 nitrogen and oxygen atoms in total. The summed E-state index contributed by atoms with van der Waals surface area (Å²) < 4.78 is 4.95. The molecule has 0 unspecified atom stereocenters. The summed E-state index contributed by atoms with van der Waals surface area (Å²) in [6.45, 7) is -0.406. The van der Waals surface area contributed by atoms with Gasteiger partial charge in [0.15, 0.2) is 6.61 Å². The predicted octanol–water partition coefficient (Wildman–Crippen LogP) is 3.68. The first-order chi connectivity index (χ1) is 11.6. The summed E-state index contributed by atoms with van der Waals surface area (Å²) in [6.07, 6.45) is 1.46. The lowest BCUT2D eigenvalue weighted by molar-refractivity contribution is -0.119. The van der Waals surface area contributed by atoms with Crippen molar-refractivity contribution in [2.45, 2.75) is 0 Å². The van der Waals surface area contributed by atoms with E-state index >= 15 is 0 Å². The van der Waals surface area contributed by atoms with E-state index in [1.165, 1.54) is 12.3 Å². The molecule has 3 aromatic rings. The number of pyridine rings is 1. The monoisotopic (exact) mass is 340 g/mol. The molecular weight excluding hydrogens is 328 g/mol. The third kappa shape index (κ3) is 3.70. The number of nitrogens with one attached hydrogen (secondary N) is 1. The van der Waals surface area contributed by atoms with Crippen LogP contribution in [0.5, 0.6) is 0 Å². The van der Waals surface area contributed by atoms with Crippen LogP contribution in [0.25, 0.3) is 10.8 Å². The summed E-state index contributed by atoms with van der Waals surface area (Å²) in [7, 11) is 0. The molecule has 1 aromatic heterocycles. The lowest BCUT2D eigenvalue weighted by Crippen LogP contribution is -2.21. The summed E-state index contributed by atoms with van der Waals surface area (Å²) in [6, 6.07) is 16.4. The number of halogens is 1. The number of nitrogens with zero attached hydrogens (tertiary/aromatic N) is 1. The average Bonchev–Trinajstić information content (AvgIpc) is 2.60. The zero-order valence-corrected chi connectivity index (χ0v) is 13.3. The zero-order valence-electron chi connectivity index (χ0n) is 12.5. The largest absolute Gasteiger partial charge is 0.452 e. The lowest BCUT2D eigenvalue weighted by atomic mass is 10.1. The number of esters is 1. The molecule has 0 bridgehead atoms. The van der Waals surface area contributed by atoms with Gasteiger partial charge in [0, 0.05) is 11.9 Å². The van der Waals surface area contributed by atoms with E-state index in [0.29, 0.717) is 5.69 Å². The highest BCUT2D eigenvalue weighted by Gasteiger charge is 2.14. The third-order valence-electron chi connectivity index (χ3n) is 3.35. The van der Waals surface area contributed by atoms with Gasteiger partial charge in [0.2, 0.25) is 0 Å². The highest BCUT2D eigenvalue weighted by molar-refractivity contribution is 6.32. The van der Waals surface area contributed by atoms with Gasteiger partial charge in [-0.1, -0.05) is 41.9 Å². The van der Waals surface area contributed by atoms with Crippen molar-refractivity contribution in [2.75, 3.05) is 11.9 Å². The van der Waals surface area contributed by atoms with Crippen LogP contribution in [0.15, 0.2) is 60.8 Å². The van der Waals surface area contributed by atoms with Gasteiger partial charge >= 0.3 is 5.97 Å². The molecule has 0 radical (unpaired) electrons. The highest BCUT2D eigenvalue weighted by Crippen LogP contribution is 2.19. The molecular formula is C18H13ClN2O3. The SMILES string of the molecule is O=C(COC(=O)c1cccnc1Cl)Nc1ccc2ccccc2c1. The Labute approximate surface area is 143 Å². The van der Waals surface area contributed by atoms with Crippen molar-refractivity contribution < 1.29 is 14.3 Å². The molecule has 0 fully saturated rings. The van der Waals surface area contributed by atoms with Gasteiger partial charge in [0.25, 0.3) is 5.91 Å². The van der Waals surface area contributed by atoms with Crippen LogP contribution in [0.2, 0.25) is 5.15 Å². The fourth-order valence-electron chi connectivity index (χ4n) is 2.21. The van der Waals surface area contributed by atoms with Gasteiger partial charge in [0.1, 0.15) is 5.15 Å². The van der Waals surface area contributed by atoms with Crippen molar-refractivity contribution in [3.05, 3.63) is 71.5 Å². The lowest BCUT2D eigenvalue weighted by Gasteiger charge is -2.08. The Morgan fingerprint density at radius 1 is 1.04 bits per heavy atom. The molecule has 2 aromatic carbocycles. The number of fused-ring (bicyclic) bond motifs is 1. The van der Waals surface area contributed by atoms with Crippen LogP contribution in [0.1, 0.15) is 10.4 Å². The van der Waals surface area contributed by atoms with E-state index in [1.54, 1.807) is 12.1 Å². The van der Waals surface area contributed by atoms with Gasteiger partial charge in [0.05, 0.1) is 5.56 Å². The van der Waals surface area contributed by atoms with Crippen LogP contribution in [-0.2, 0) is 9.53 Å². The molecule has 120 valence electrons. The minimum absolute atomic E-state index is 0.0393. The normalized spacial score (nSPS) is 10.4. The van der Waals surface area contributed by atoms with Crippen LogP contribution in [0, 0.1) is 0 Å². The summed E-state index contributed by atoms with van der Waals surface area (Å²) in [5.74, 6) is -1.12. The van der Waals surface area contributed by atoms with Crippen molar-refractivity contribution in [3.8, 4) is 0 Å². The Bertz CT molecular complexity index is 911. The quantitative estimate of drug-likeness (QED) is 0.581. The maximum absolute atomic E-state index is 11.9. The number of carbonyl (C=O) groups is 2. The Kier molecular flexibility index (Phi) is 4.72. The first-order valence-electron chi connectivity index (χ1n) is 7.20. The Morgan fingerprint density at radius 3 is 2.62 bits per heavy atom. The van der Waals surface area contributed by atoms with Gasteiger partial charge < -0.3 is 10.1 Å². The number of hydrogen-bond donors (Lipinski definition) is 1. The zero-order chi connectivity index (χ0) is 16.9. The molecule has 6 heteroatoms. The maximum atomic E-state index is 11.9. The number of benzene rings is 2. The smallest absolute Gasteiger partial charge is 0.341 e. The minimum Gasteiger partial charge on any atom is -0.452 e. The van der Waals surface area contributed by atoms with Crippen molar-refractivity contribution in [3.63, 3.8) is 0 Å². The molecule has 0 atom stereocenters. The number of rotatable bonds is 4. The third-order valence-corrected chi connectivity index (χ3v) is 3.65. The topological polar surface area (TPSA) is 68.3 Å². The number of carbonyl (C=O) groups excluding carboxylic acids is 2. The molecule has 0 aliphatic rings. The second kappa shape index (κ2) is 7.10. The summed E-state index contributed by atoms with van der Waals surface area (Å²) in [4.78, 5) is 27.6. The molecule has 0 saturated heterocycles. The van der Waals surface area contributed by atoms with Crippen molar-refractivity contribution in [2.24, 2.45) is 0 Å². The van der Waals surface area contributed by atoms with E-state index in [2.05, 4.69) is 10.3 Å². The number of hydrogen-bond acceptors (Lipinski definition) is 4. The molecule has 1 amide bonds. The number of amides is 1. The Balaban J connectivity index is 1.61. The van der Waals surface area contributed by atoms with Gasteiger partial charge in [-0.3, -0.25) is 4.79 Å². The predicted molar refractivity (Wildman–Crippen MR) is 92.1 cm³/mol. The van der Waals surface area contributed by atoms with Crippen LogP contribution in [-0.4, -0.2) is 23.5 Å². The van der Waals surface area contributed by atoms with Gasteiger partial charge in [-0.05, 0) is 35.0 Å². The molecule has 0 saturated carbocycles. The fourth-order valence-corrected chi connectivity index (χ4v) is 2.41. The van der Waals surface area contributed by atoms with Crippen LogP contribution in [0.4, 0.5) is 5.69 Å². The summed E-state index contributed by atoms with van der Waals surface area (Å²) >= 11 is 5.81. The van der Waals surface area contributed by atoms with Crippen LogP contribution < -0.4 is 5.32 Å². The average molecular weight is 341 g/mol. The molecule has 1 heterocycles. The number of ether oxygens (including phenoxy) is 1. The molecule has 24 heavy (non-hydrogen) atoms. The van der Waals surface area contributed by atoms with E-state index in [4.69, 9.17) is 16.3 Å². The maximum Gasteiger partial charge on any atom is 0.341 e. The minimum atomic E-state index is -0.693. The second-order valence-corrected chi connectivity index (χ2v) is 5.39. The summed E-state index contributed by atoms with van der Waals surface area (Å²) in [5.41, 5.74) is 0.756. The molecule has 0 aliphatic carbocycles. The Morgan fingerprint density at radius 2 is 1.83 bits per heavy atom. The summed E-state index contributed by atoms with van der Waals surface area (Å²) in [5, 5.41) is 4.82. The molecule has 0 spiro atoms. The van der Waals surface area contributed by atoms with Crippen molar-refractivity contribution in [1.82, 2.24) is 4.98 Å². The first kappa shape index (κ1) is 16.0. The van der Waals surface area contributed by atoms with E-state index in [9.17, 15) is 9.59 Å². The van der Waals surface area contributed by atoms with E-state index < -0.39 is 18.5 Å². The van der Waals surface area contributed by atoms with Gasteiger partial charge in [-0.25, -0.2) is 9.78 Å². The fraction of sp³-hybridized carbons (Fsp3) is 0.0556. The van der Waals surface area contributed by atoms with E-state index in [0.717, 1.165) is 10.8 Å². The van der Waals surface area contributed by atoms with Gasteiger partial charge in [-0.2, -0.15) is 0 Å². The molecule has 3 rings (SSSR count). The van der Waals surface area contributed by atoms with Gasteiger partial charge in [-0.15, -0.1) is 0 Å². The highest BCUT2D eigenvalue weighted by atomic mass is 35.5. The van der Waals surface area contributed by atoms with Crippen molar-refractivity contribution >= 4 is 39.9 Å². The standard InChI is InChI=1S/C18H13ClN2O3/c19-17-15(6-3-9-20-17)18(23)24-11-16(22)21-14-8-7-12-4-1-2-5-13(12)10-14/h1-10H,11H2,(H,21,22).